The number of ether oxygens (including phenoxy) is 2. The van der Waals surface area contributed by atoms with Crippen molar-refractivity contribution in [1.82, 2.24) is 5.32 Å². The third-order valence-electron chi connectivity index (χ3n) is 3.53. The van der Waals surface area contributed by atoms with Crippen LogP contribution in [-0.4, -0.2) is 31.6 Å². The zero-order chi connectivity index (χ0) is 17.6. The maximum absolute atomic E-state index is 12.0. The lowest BCUT2D eigenvalue weighted by Gasteiger charge is -2.19. The summed E-state index contributed by atoms with van der Waals surface area (Å²) in [6, 6.07) is 12.2. The third-order valence-corrected chi connectivity index (χ3v) is 3.76. The highest BCUT2D eigenvalue weighted by atomic mass is 35.5. The molecule has 1 aliphatic rings. The van der Waals surface area contributed by atoms with Gasteiger partial charge in [-0.3, -0.25) is 9.59 Å². The molecular weight excluding hydrogens is 344 g/mol. The van der Waals surface area contributed by atoms with Crippen LogP contribution in [0.25, 0.3) is 0 Å². The van der Waals surface area contributed by atoms with Gasteiger partial charge in [0.05, 0.1) is 13.0 Å². The van der Waals surface area contributed by atoms with Crippen molar-refractivity contribution in [3.8, 4) is 11.5 Å². The van der Waals surface area contributed by atoms with Crippen LogP contribution < -0.4 is 20.1 Å². The monoisotopic (exact) mass is 360 g/mol. The number of carbonyl (C=O) groups excluding carboxylic acids is 2. The average molecular weight is 361 g/mol. The molecule has 6 nitrogen and oxygen atoms in total. The summed E-state index contributed by atoms with van der Waals surface area (Å²) in [5, 5.41) is 5.86. The van der Waals surface area contributed by atoms with Gasteiger partial charge in [0.25, 0.3) is 0 Å². The lowest BCUT2D eigenvalue weighted by atomic mass is 10.1. The van der Waals surface area contributed by atoms with Crippen molar-refractivity contribution < 1.29 is 19.1 Å². The zero-order valence-corrected chi connectivity index (χ0v) is 14.1. The van der Waals surface area contributed by atoms with Crippen molar-refractivity contribution in [1.29, 1.82) is 0 Å². The van der Waals surface area contributed by atoms with Crippen LogP contribution >= 0.6 is 11.6 Å². The smallest absolute Gasteiger partial charge is 0.243 e. The number of nitrogens with one attached hydrogen (secondary N) is 2. The number of amides is 2. The Morgan fingerprint density at radius 1 is 1.00 bits per heavy atom. The molecule has 0 atom stereocenters. The summed E-state index contributed by atoms with van der Waals surface area (Å²) in [7, 11) is 0. The molecule has 7 heteroatoms. The number of hydrogen-bond donors (Lipinski definition) is 2. The van der Waals surface area contributed by atoms with Crippen LogP contribution in [-0.2, 0) is 16.0 Å². The van der Waals surface area contributed by atoms with Crippen LogP contribution in [0.3, 0.4) is 0 Å². The molecule has 1 aliphatic heterocycles. The Bertz CT molecular complexity index is 794. The molecular formula is C18H17ClN2O4. The van der Waals surface area contributed by atoms with Crippen LogP contribution in [0.2, 0.25) is 5.02 Å². The second kappa shape index (κ2) is 7.90. The summed E-state index contributed by atoms with van der Waals surface area (Å²) < 4.78 is 10.9. The minimum Gasteiger partial charge on any atom is -0.486 e. The van der Waals surface area contributed by atoms with Gasteiger partial charge in [-0.25, -0.2) is 0 Å². The van der Waals surface area contributed by atoms with Gasteiger partial charge in [-0.05, 0) is 29.8 Å². The Balaban J connectivity index is 1.48. The summed E-state index contributed by atoms with van der Waals surface area (Å²) in [5.41, 5.74) is 1.37. The SMILES string of the molecule is O=C(Cc1cccc(Cl)c1)NCC(=O)Nc1ccc2c(c1)OCCO2. The fourth-order valence-corrected chi connectivity index (χ4v) is 2.61. The molecule has 0 aliphatic carbocycles. The Labute approximate surface area is 150 Å². The fourth-order valence-electron chi connectivity index (χ4n) is 2.40. The van der Waals surface area contributed by atoms with Gasteiger partial charge >= 0.3 is 0 Å². The second-order valence-corrected chi connectivity index (χ2v) is 5.93. The van der Waals surface area contributed by atoms with Crippen LogP contribution in [0.4, 0.5) is 5.69 Å². The lowest BCUT2D eigenvalue weighted by molar-refractivity contribution is -0.123. The van der Waals surface area contributed by atoms with Gasteiger partial charge in [0, 0.05) is 16.8 Å². The van der Waals surface area contributed by atoms with Gasteiger partial charge < -0.3 is 20.1 Å². The van der Waals surface area contributed by atoms with E-state index in [1.54, 1.807) is 42.5 Å². The molecule has 2 amide bonds. The molecule has 2 N–H and O–H groups in total. The quantitative estimate of drug-likeness (QED) is 0.858. The predicted octanol–water partition coefficient (Wildman–Crippen LogP) is 2.41. The van der Waals surface area contributed by atoms with E-state index < -0.39 is 0 Å². The number of carbonyl (C=O) groups is 2. The molecule has 0 radical (unpaired) electrons. The van der Waals surface area contributed by atoms with E-state index >= 15 is 0 Å². The highest BCUT2D eigenvalue weighted by Gasteiger charge is 2.13. The number of rotatable bonds is 5. The van der Waals surface area contributed by atoms with E-state index in [0.29, 0.717) is 35.4 Å². The summed E-state index contributed by atoms with van der Waals surface area (Å²) in [4.78, 5) is 23.9. The Hall–Kier alpha value is -2.73. The molecule has 2 aromatic rings. The lowest BCUT2D eigenvalue weighted by Crippen LogP contribution is -2.33. The van der Waals surface area contributed by atoms with Gasteiger partial charge in [-0.15, -0.1) is 0 Å². The van der Waals surface area contributed by atoms with Crippen LogP contribution in [0.15, 0.2) is 42.5 Å². The van der Waals surface area contributed by atoms with Crippen molar-refractivity contribution in [2.24, 2.45) is 0 Å². The molecule has 130 valence electrons. The molecule has 25 heavy (non-hydrogen) atoms. The van der Waals surface area contributed by atoms with Gasteiger partial charge in [0.1, 0.15) is 13.2 Å². The van der Waals surface area contributed by atoms with E-state index in [-0.39, 0.29) is 24.8 Å². The van der Waals surface area contributed by atoms with E-state index in [2.05, 4.69) is 10.6 Å². The minimum atomic E-state index is -0.323. The fraction of sp³-hybridized carbons (Fsp3) is 0.222. The molecule has 3 rings (SSSR count). The standard InChI is InChI=1S/C18H17ClN2O4/c19-13-3-1-2-12(8-13)9-17(22)20-11-18(23)21-14-4-5-15-16(10-14)25-7-6-24-15/h1-5,8,10H,6-7,9,11H2,(H,20,22)(H,21,23). The summed E-state index contributed by atoms with van der Waals surface area (Å²) in [5.74, 6) is 0.670. The van der Waals surface area contributed by atoms with E-state index in [1.165, 1.54) is 0 Å². The van der Waals surface area contributed by atoms with E-state index in [1.807, 2.05) is 0 Å². The zero-order valence-electron chi connectivity index (χ0n) is 13.4. The minimum absolute atomic E-state index is 0.117. The largest absolute Gasteiger partial charge is 0.486 e. The van der Waals surface area contributed by atoms with Crippen molar-refractivity contribution in [2.75, 3.05) is 25.1 Å². The van der Waals surface area contributed by atoms with Crippen molar-refractivity contribution >= 4 is 29.1 Å². The number of fused-ring (bicyclic) bond motifs is 1. The first-order valence-electron chi connectivity index (χ1n) is 7.81. The topological polar surface area (TPSA) is 76.7 Å². The normalized spacial score (nSPS) is 12.4. The van der Waals surface area contributed by atoms with Gasteiger partial charge in [0.2, 0.25) is 11.8 Å². The molecule has 0 unspecified atom stereocenters. The van der Waals surface area contributed by atoms with E-state index in [9.17, 15) is 9.59 Å². The second-order valence-electron chi connectivity index (χ2n) is 5.49. The van der Waals surface area contributed by atoms with Crippen LogP contribution in [0.1, 0.15) is 5.56 Å². The highest BCUT2D eigenvalue weighted by molar-refractivity contribution is 6.30. The molecule has 0 bridgehead atoms. The molecule has 0 spiro atoms. The number of halogens is 1. The highest BCUT2D eigenvalue weighted by Crippen LogP contribution is 2.32. The predicted molar refractivity (Wildman–Crippen MR) is 94.2 cm³/mol. The average Bonchev–Trinajstić information content (AvgIpc) is 2.60. The van der Waals surface area contributed by atoms with Gasteiger partial charge in [0.15, 0.2) is 11.5 Å². The first-order chi connectivity index (χ1) is 12.1. The molecule has 2 aromatic carbocycles. The van der Waals surface area contributed by atoms with Gasteiger partial charge in [-0.1, -0.05) is 23.7 Å². The van der Waals surface area contributed by atoms with Crippen molar-refractivity contribution in [2.45, 2.75) is 6.42 Å². The first kappa shape index (κ1) is 17.1. The third kappa shape index (κ3) is 4.87. The maximum atomic E-state index is 12.0. The van der Waals surface area contributed by atoms with Crippen molar-refractivity contribution in [3.05, 3.63) is 53.1 Å². The number of benzene rings is 2. The summed E-state index contributed by atoms with van der Waals surface area (Å²) in [6.45, 7) is 0.870. The van der Waals surface area contributed by atoms with Gasteiger partial charge in [-0.2, -0.15) is 0 Å². The Morgan fingerprint density at radius 3 is 2.60 bits per heavy atom. The maximum Gasteiger partial charge on any atom is 0.243 e. The number of anilines is 1. The van der Waals surface area contributed by atoms with E-state index in [4.69, 9.17) is 21.1 Å². The molecule has 0 fully saturated rings. The van der Waals surface area contributed by atoms with Crippen LogP contribution in [0.5, 0.6) is 11.5 Å². The molecule has 0 aromatic heterocycles. The summed E-state index contributed by atoms with van der Waals surface area (Å²) in [6.07, 6.45) is 0.165. The Morgan fingerprint density at radius 2 is 1.80 bits per heavy atom. The molecule has 0 saturated heterocycles. The Kier molecular flexibility index (Phi) is 5.40. The number of hydrogen-bond acceptors (Lipinski definition) is 4. The van der Waals surface area contributed by atoms with Crippen molar-refractivity contribution in [3.63, 3.8) is 0 Å². The van der Waals surface area contributed by atoms with Crippen LogP contribution in [0, 0.1) is 0 Å². The summed E-state index contributed by atoms with van der Waals surface area (Å²) >= 11 is 5.88. The first-order valence-corrected chi connectivity index (χ1v) is 8.18. The molecule has 0 saturated carbocycles. The van der Waals surface area contributed by atoms with E-state index in [0.717, 1.165) is 5.56 Å². The molecule has 1 heterocycles.